The number of carbonyl (C=O) groups is 2. The van der Waals surface area contributed by atoms with Gasteiger partial charge in [-0.25, -0.2) is 14.0 Å². The number of rotatable bonds is 12. The minimum absolute atomic E-state index is 0.0139. The second-order valence-electron chi connectivity index (χ2n) is 8.14. The highest BCUT2D eigenvalue weighted by Crippen LogP contribution is 2.26. The largest absolute Gasteiger partial charge is 0.463 e. The lowest BCUT2D eigenvalue weighted by Crippen LogP contribution is -2.47. The van der Waals surface area contributed by atoms with Crippen molar-refractivity contribution in [2.24, 2.45) is 0 Å². The first-order valence-corrected chi connectivity index (χ1v) is 11.8. The molecule has 0 aliphatic rings. The molecule has 2 aromatic carbocycles. The van der Waals surface area contributed by atoms with E-state index in [0.717, 1.165) is 5.56 Å². The molecule has 11 nitrogen and oxygen atoms in total. The van der Waals surface area contributed by atoms with Gasteiger partial charge in [-0.05, 0) is 24.1 Å². The number of benzene rings is 2. The van der Waals surface area contributed by atoms with Crippen LogP contribution in [0.1, 0.15) is 18.4 Å². The average Bonchev–Trinajstić information content (AvgIpc) is 2.94. The zero-order chi connectivity index (χ0) is 28.4. The van der Waals surface area contributed by atoms with Crippen molar-refractivity contribution in [3.05, 3.63) is 92.8 Å². The number of nitrogens with zero attached hydrogens (tertiary/aromatic N) is 2. The first-order chi connectivity index (χ1) is 18.7. The summed E-state index contributed by atoms with van der Waals surface area (Å²) in [5.41, 5.74) is -0.958. The van der Waals surface area contributed by atoms with Gasteiger partial charge in [0.25, 0.3) is 0 Å². The molecule has 0 radical (unpaired) electrons. The molecular formula is C26H27F2N3O8. The number of ether oxygens (including phenoxy) is 4. The third kappa shape index (κ3) is 7.82. The van der Waals surface area contributed by atoms with Crippen LogP contribution >= 0.6 is 0 Å². The second kappa shape index (κ2) is 14.0. The van der Waals surface area contributed by atoms with E-state index in [9.17, 15) is 28.0 Å². The third-order valence-corrected chi connectivity index (χ3v) is 5.50. The number of halogens is 2. The summed E-state index contributed by atoms with van der Waals surface area (Å²) in [6.07, 6.45) is -0.845. The predicted octanol–water partition coefficient (Wildman–Crippen LogP) is 2.03. The number of nitrogen functional groups attached to an aromatic ring is 1. The molecule has 39 heavy (non-hydrogen) atoms. The molecular weight excluding hydrogens is 520 g/mol. The molecule has 3 rings (SSSR count). The molecule has 0 aliphatic carbocycles. The zero-order valence-electron chi connectivity index (χ0n) is 21.0. The molecule has 1 atom stereocenters. The molecule has 0 spiro atoms. The molecule has 1 aromatic heterocycles. The first-order valence-electron chi connectivity index (χ1n) is 11.8. The SMILES string of the molecule is CC(C(=O)OCCOCCOCCOC(=O)n1cc(F)c(=O)n(N)c1=O)c1ccc(-c2ccccc2)c(F)c1. The van der Waals surface area contributed by atoms with Crippen molar-refractivity contribution in [2.45, 2.75) is 12.8 Å². The monoisotopic (exact) mass is 547 g/mol. The smallest absolute Gasteiger partial charge is 0.422 e. The molecule has 208 valence electrons. The summed E-state index contributed by atoms with van der Waals surface area (Å²) in [5.74, 6) is 2.08. The summed E-state index contributed by atoms with van der Waals surface area (Å²) in [6, 6.07) is 13.7. The van der Waals surface area contributed by atoms with E-state index in [1.807, 2.05) is 18.2 Å². The quantitative estimate of drug-likeness (QED) is 0.205. The van der Waals surface area contributed by atoms with Gasteiger partial charge in [-0.15, -0.1) is 0 Å². The van der Waals surface area contributed by atoms with E-state index >= 15 is 0 Å². The molecule has 0 saturated carbocycles. The number of aromatic nitrogens is 2. The van der Waals surface area contributed by atoms with E-state index < -0.39 is 40.9 Å². The number of esters is 1. The van der Waals surface area contributed by atoms with Crippen LogP contribution in [0.2, 0.25) is 0 Å². The van der Waals surface area contributed by atoms with Gasteiger partial charge in [-0.1, -0.05) is 42.5 Å². The van der Waals surface area contributed by atoms with Gasteiger partial charge in [-0.3, -0.25) is 9.59 Å². The molecule has 0 saturated heterocycles. The zero-order valence-corrected chi connectivity index (χ0v) is 21.0. The maximum atomic E-state index is 14.6. The molecule has 0 amide bonds. The van der Waals surface area contributed by atoms with Crippen LogP contribution in [0, 0.1) is 11.6 Å². The molecule has 1 unspecified atom stereocenters. The minimum Gasteiger partial charge on any atom is -0.463 e. The Labute approximate surface area is 221 Å². The second-order valence-corrected chi connectivity index (χ2v) is 8.14. The predicted molar refractivity (Wildman–Crippen MR) is 135 cm³/mol. The van der Waals surface area contributed by atoms with Crippen LogP contribution in [0.3, 0.4) is 0 Å². The van der Waals surface area contributed by atoms with Crippen molar-refractivity contribution < 1.29 is 37.3 Å². The summed E-state index contributed by atoms with van der Waals surface area (Å²) in [4.78, 5) is 47.1. The maximum Gasteiger partial charge on any atom is 0.422 e. The highest BCUT2D eigenvalue weighted by Gasteiger charge is 2.19. The molecule has 1 heterocycles. The van der Waals surface area contributed by atoms with Crippen molar-refractivity contribution in [3.8, 4) is 11.1 Å². The number of carbonyl (C=O) groups excluding carboxylic acids is 2. The Kier molecular flexibility index (Phi) is 10.5. The maximum absolute atomic E-state index is 14.6. The lowest BCUT2D eigenvalue weighted by molar-refractivity contribution is -0.146. The Morgan fingerprint density at radius 3 is 2.13 bits per heavy atom. The number of hydrogen-bond acceptors (Lipinski definition) is 9. The van der Waals surface area contributed by atoms with Crippen molar-refractivity contribution in [2.75, 3.05) is 45.5 Å². The molecule has 0 aliphatic heterocycles. The Hall–Kier alpha value is -4.36. The van der Waals surface area contributed by atoms with Crippen molar-refractivity contribution in [1.29, 1.82) is 0 Å². The lowest BCUT2D eigenvalue weighted by atomic mass is 9.97. The summed E-state index contributed by atoms with van der Waals surface area (Å²) in [7, 11) is 0. The summed E-state index contributed by atoms with van der Waals surface area (Å²) in [6.45, 7) is 1.66. The normalized spacial score (nSPS) is 11.7. The van der Waals surface area contributed by atoms with Crippen LogP contribution in [0.15, 0.2) is 64.3 Å². The van der Waals surface area contributed by atoms with Gasteiger partial charge in [0.2, 0.25) is 5.82 Å². The Morgan fingerprint density at radius 1 is 0.872 bits per heavy atom. The van der Waals surface area contributed by atoms with Crippen LogP contribution in [0.5, 0.6) is 0 Å². The lowest BCUT2D eigenvalue weighted by Gasteiger charge is -2.13. The third-order valence-electron chi connectivity index (χ3n) is 5.50. The fraction of sp³-hybridized carbons (Fsp3) is 0.308. The summed E-state index contributed by atoms with van der Waals surface area (Å²) >= 11 is 0. The van der Waals surface area contributed by atoms with Crippen LogP contribution in [-0.4, -0.2) is 60.9 Å². The molecule has 2 N–H and O–H groups in total. The minimum atomic E-state index is -1.39. The van der Waals surface area contributed by atoms with Gasteiger partial charge < -0.3 is 24.8 Å². The van der Waals surface area contributed by atoms with E-state index in [1.165, 1.54) is 6.07 Å². The molecule has 13 heteroatoms. The van der Waals surface area contributed by atoms with Crippen LogP contribution < -0.4 is 17.1 Å². The van der Waals surface area contributed by atoms with E-state index in [2.05, 4.69) is 0 Å². The van der Waals surface area contributed by atoms with E-state index in [-0.39, 0.29) is 48.9 Å². The fourth-order valence-electron chi connectivity index (χ4n) is 3.37. The molecule has 0 bridgehead atoms. The topological polar surface area (TPSA) is 141 Å². The van der Waals surface area contributed by atoms with E-state index in [0.29, 0.717) is 17.3 Å². The van der Waals surface area contributed by atoms with E-state index in [1.54, 1.807) is 31.2 Å². The standard InChI is InChI=1S/C26H27F2N3O8/c1-17(19-7-8-20(21(27)15-19)18-5-3-2-4-6-18)24(33)38-13-11-36-9-10-37-12-14-39-26(35)30-16-22(28)23(32)31(29)25(30)34/h2-8,15-17H,9-14,29H2,1H3. The van der Waals surface area contributed by atoms with Gasteiger partial charge in [0.05, 0.1) is 38.5 Å². The summed E-state index contributed by atoms with van der Waals surface area (Å²) < 4.78 is 48.6. The van der Waals surface area contributed by atoms with Crippen molar-refractivity contribution >= 4 is 12.1 Å². The Balaban J connectivity index is 1.28. The van der Waals surface area contributed by atoms with Crippen LogP contribution in [-0.2, 0) is 23.7 Å². The van der Waals surface area contributed by atoms with Crippen LogP contribution in [0.4, 0.5) is 13.6 Å². The van der Waals surface area contributed by atoms with Gasteiger partial charge in [0.15, 0.2) is 0 Å². The van der Waals surface area contributed by atoms with Gasteiger partial charge >= 0.3 is 23.3 Å². The van der Waals surface area contributed by atoms with Crippen molar-refractivity contribution in [3.63, 3.8) is 0 Å². The molecule has 0 fully saturated rings. The fourth-order valence-corrected chi connectivity index (χ4v) is 3.37. The highest BCUT2D eigenvalue weighted by atomic mass is 19.1. The van der Waals surface area contributed by atoms with Gasteiger partial charge in [0.1, 0.15) is 19.0 Å². The number of nitrogens with two attached hydrogens (primary N) is 1. The van der Waals surface area contributed by atoms with Gasteiger partial charge in [0, 0.05) is 5.56 Å². The first kappa shape index (κ1) is 29.2. The number of hydrogen-bond donors (Lipinski definition) is 1. The Morgan fingerprint density at radius 2 is 1.49 bits per heavy atom. The van der Waals surface area contributed by atoms with Crippen LogP contribution in [0.25, 0.3) is 11.1 Å². The summed E-state index contributed by atoms with van der Waals surface area (Å²) in [5, 5.41) is 0. The van der Waals surface area contributed by atoms with Gasteiger partial charge in [-0.2, -0.15) is 13.6 Å². The average molecular weight is 548 g/mol. The van der Waals surface area contributed by atoms with Crippen molar-refractivity contribution in [1.82, 2.24) is 9.24 Å². The Bertz CT molecular complexity index is 1410. The highest BCUT2D eigenvalue weighted by molar-refractivity contribution is 5.78. The molecule has 3 aromatic rings. The van der Waals surface area contributed by atoms with E-state index in [4.69, 9.17) is 24.8 Å².